The van der Waals surface area contributed by atoms with Gasteiger partial charge in [0.15, 0.2) is 0 Å². The number of nitrogens with zero attached hydrogens (tertiary/aromatic N) is 1. The highest BCUT2D eigenvalue weighted by molar-refractivity contribution is 7.99. The number of para-hydroxylation sites is 1. The predicted octanol–water partition coefficient (Wildman–Crippen LogP) is 4.46. The molecule has 0 spiro atoms. The summed E-state index contributed by atoms with van der Waals surface area (Å²) in [6.45, 7) is 0.753. The van der Waals surface area contributed by atoms with Crippen molar-refractivity contribution in [3.05, 3.63) is 59.9 Å². The summed E-state index contributed by atoms with van der Waals surface area (Å²) >= 11 is 1.81. The van der Waals surface area contributed by atoms with Gasteiger partial charge in [-0.1, -0.05) is 30.3 Å². The number of benzene rings is 2. The fourth-order valence-electron chi connectivity index (χ4n) is 3.34. The molecule has 0 aromatic heterocycles. The van der Waals surface area contributed by atoms with Crippen LogP contribution in [0.2, 0.25) is 0 Å². The summed E-state index contributed by atoms with van der Waals surface area (Å²) in [6.07, 6.45) is 1.74. The van der Waals surface area contributed by atoms with E-state index >= 15 is 0 Å². The topological polar surface area (TPSA) is 20.3 Å². The van der Waals surface area contributed by atoms with Gasteiger partial charge in [0.2, 0.25) is 5.91 Å². The highest BCUT2D eigenvalue weighted by Crippen LogP contribution is 2.50. The van der Waals surface area contributed by atoms with E-state index in [1.54, 1.807) is 12.1 Å². The Hall–Kier alpha value is -1.81. The molecule has 2 aromatic carbocycles. The molecule has 23 heavy (non-hydrogen) atoms. The molecule has 1 fully saturated rings. The van der Waals surface area contributed by atoms with Crippen molar-refractivity contribution >= 4 is 23.4 Å². The molecule has 4 heteroatoms. The lowest BCUT2D eigenvalue weighted by Crippen LogP contribution is -2.33. The summed E-state index contributed by atoms with van der Waals surface area (Å²) in [7, 11) is 0. The Kier molecular flexibility index (Phi) is 3.85. The van der Waals surface area contributed by atoms with Crippen LogP contribution < -0.4 is 4.90 Å². The van der Waals surface area contributed by atoms with Crippen molar-refractivity contribution in [2.45, 2.75) is 23.7 Å². The first-order chi connectivity index (χ1) is 11.3. The second-order valence-corrected chi connectivity index (χ2v) is 7.27. The SMILES string of the molecule is O=C(C1CC1c1ccccc1F)N1CCCSc2ccccc21. The maximum absolute atomic E-state index is 13.9. The van der Waals surface area contributed by atoms with E-state index in [1.165, 1.54) is 11.0 Å². The second kappa shape index (κ2) is 6.00. The molecule has 1 amide bonds. The molecule has 1 saturated carbocycles. The molecular weight excluding hydrogens is 309 g/mol. The normalized spacial score (nSPS) is 23.1. The number of amides is 1. The number of thioether (sulfide) groups is 1. The summed E-state index contributed by atoms with van der Waals surface area (Å²) in [6, 6.07) is 14.9. The third kappa shape index (κ3) is 2.76. The van der Waals surface area contributed by atoms with E-state index in [-0.39, 0.29) is 23.6 Å². The van der Waals surface area contributed by atoms with Crippen LogP contribution >= 0.6 is 11.8 Å². The van der Waals surface area contributed by atoms with Crippen LogP contribution in [0.25, 0.3) is 0 Å². The third-order valence-corrected chi connectivity index (χ3v) is 5.77. The third-order valence-electron chi connectivity index (χ3n) is 4.62. The van der Waals surface area contributed by atoms with Gasteiger partial charge in [-0.15, -0.1) is 11.8 Å². The zero-order valence-electron chi connectivity index (χ0n) is 12.7. The van der Waals surface area contributed by atoms with Gasteiger partial charge < -0.3 is 4.90 Å². The van der Waals surface area contributed by atoms with Crippen LogP contribution in [-0.2, 0) is 4.79 Å². The predicted molar refractivity (Wildman–Crippen MR) is 91.4 cm³/mol. The number of halogens is 1. The zero-order valence-corrected chi connectivity index (χ0v) is 13.6. The van der Waals surface area contributed by atoms with Crippen LogP contribution in [0.4, 0.5) is 10.1 Å². The number of carbonyl (C=O) groups is 1. The van der Waals surface area contributed by atoms with E-state index in [0.29, 0.717) is 5.56 Å². The molecule has 2 aliphatic rings. The van der Waals surface area contributed by atoms with Crippen molar-refractivity contribution in [3.63, 3.8) is 0 Å². The minimum absolute atomic E-state index is 0.0340. The fourth-order valence-corrected chi connectivity index (χ4v) is 4.34. The Bertz CT molecular complexity index is 748. The van der Waals surface area contributed by atoms with Gasteiger partial charge in [0.05, 0.1) is 5.69 Å². The average molecular weight is 327 g/mol. The Labute approximate surface area is 139 Å². The van der Waals surface area contributed by atoms with E-state index in [2.05, 4.69) is 6.07 Å². The molecule has 2 nitrogen and oxygen atoms in total. The second-order valence-electron chi connectivity index (χ2n) is 6.13. The van der Waals surface area contributed by atoms with Gasteiger partial charge in [-0.05, 0) is 48.3 Å². The van der Waals surface area contributed by atoms with E-state index in [0.717, 1.165) is 30.8 Å². The highest BCUT2D eigenvalue weighted by Gasteiger charge is 2.47. The molecular formula is C19H18FNOS. The summed E-state index contributed by atoms with van der Waals surface area (Å²) in [5.74, 6) is 0.935. The molecule has 0 N–H and O–H groups in total. The molecule has 118 valence electrons. The van der Waals surface area contributed by atoms with Crippen molar-refractivity contribution in [2.75, 3.05) is 17.2 Å². The molecule has 4 rings (SSSR count). The maximum Gasteiger partial charge on any atom is 0.230 e. The number of carbonyl (C=O) groups excluding carboxylic acids is 1. The van der Waals surface area contributed by atoms with E-state index in [1.807, 2.05) is 40.9 Å². The summed E-state index contributed by atoms with van der Waals surface area (Å²) in [5.41, 5.74) is 1.70. The first kappa shape index (κ1) is 14.8. The smallest absolute Gasteiger partial charge is 0.230 e. The molecule has 0 saturated heterocycles. The number of hydrogen-bond acceptors (Lipinski definition) is 2. The van der Waals surface area contributed by atoms with E-state index < -0.39 is 0 Å². The lowest BCUT2D eigenvalue weighted by Gasteiger charge is -2.22. The Balaban J connectivity index is 1.58. The van der Waals surface area contributed by atoms with Crippen LogP contribution in [0, 0.1) is 11.7 Å². The number of hydrogen-bond donors (Lipinski definition) is 0. The number of anilines is 1. The van der Waals surface area contributed by atoms with Gasteiger partial charge >= 0.3 is 0 Å². The average Bonchev–Trinajstić information content (AvgIpc) is 3.38. The van der Waals surface area contributed by atoms with Crippen molar-refractivity contribution in [1.82, 2.24) is 0 Å². The molecule has 0 bridgehead atoms. The summed E-state index contributed by atoms with van der Waals surface area (Å²) < 4.78 is 13.9. The Morgan fingerprint density at radius 2 is 1.91 bits per heavy atom. The minimum atomic E-state index is -0.195. The summed E-state index contributed by atoms with van der Waals surface area (Å²) in [4.78, 5) is 16.1. The number of fused-ring (bicyclic) bond motifs is 1. The van der Waals surface area contributed by atoms with Crippen molar-refractivity contribution < 1.29 is 9.18 Å². The standard InChI is InChI=1S/C19H18FNOS/c20-16-7-2-1-6-13(16)14-12-15(14)19(22)21-10-5-11-23-18-9-4-3-8-17(18)21/h1-4,6-9,14-15H,5,10-12H2. The van der Waals surface area contributed by atoms with Gasteiger partial charge in [-0.3, -0.25) is 4.79 Å². The molecule has 0 radical (unpaired) electrons. The Morgan fingerprint density at radius 1 is 1.13 bits per heavy atom. The van der Waals surface area contributed by atoms with Crippen LogP contribution in [0.1, 0.15) is 24.3 Å². The van der Waals surface area contributed by atoms with Gasteiger partial charge in [0.25, 0.3) is 0 Å². The van der Waals surface area contributed by atoms with Gasteiger partial charge in [-0.25, -0.2) is 4.39 Å². The molecule has 1 aliphatic carbocycles. The van der Waals surface area contributed by atoms with Gasteiger partial charge in [0, 0.05) is 17.4 Å². The van der Waals surface area contributed by atoms with Crippen LogP contribution in [-0.4, -0.2) is 18.2 Å². The lowest BCUT2D eigenvalue weighted by atomic mass is 10.1. The zero-order chi connectivity index (χ0) is 15.8. The van der Waals surface area contributed by atoms with Crippen molar-refractivity contribution in [1.29, 1.82) is 0 Å². The minimum Gasteiger partial charge on any atom is -0.311 e. The highest BCUT2D eigenvalue weighted by atomic mass is 32.2. The van der Waals surface area contributed by atoms with Crippen molar-refractivity contribution in [2.24, 2.45) is 5.92 Å². The first-order valence-electron chi connectivity index (χ1n) is 8.03. The molecule has 2 unspecified atom stereocenters. The van der Waals surface area contributed by atoms with Gasteiger partial charge in [-0.2, -0.15) is 0 Å². The van der Waals surface area contributed by atoms with E-state index in [4.69, 9.17) is 0 Å². The molecule has 2 atom stereocenters. The monoisotopic (exact) mass is 327 g/mol. The first-order valence-corrected chi connectivity index (χ1v) is 9.02. The van der Waals surface area contributed by atoms with E-state index in [9.17, 15) is 9.18 Å². The van der Waals surface area contributed by atoms with Crippen LogP contribution in [0.3, 0.4) is 0 Å². The maximum atomic E-state index is 13.9. The van der Waals surface area contributed by atoms with Gasteiger partial charge in [0.1, 0.15) is 5.82 Å². The Morgan fingerprint density at radius 3 is 2.78 bits per heavy atom. The summed E-state index contributed by atoms with van der Waals surface area (Å²) in [5, 5.41) is 0. The van der Waals surface area contributed by atoms with Crippen molar-refractivity contribution in [3.8, 4) is 0 Å². The fraction of sp³-hybridized carbons (Fsp3) is 0.316. The molecule has 2 aromatic rings. The molecule has 1 aliphatic heterocycles. The quantitative estimate of drug-likeness (QED) is 0.812. The van der Waals surface area contributed by atoms with Crippen LogP contribution in [0.15, 0.2) is 53.4 Å². The largest absolute Gasteiger partial charge is 0.311 e. The number of rotatable bonds is 2. The molecule has 1 heterocycles. The van der Waals surface area contributed by atoms with Crippen LogP contribution in [0.5, 0.6) is 0 Å². The lowest BCUT2D eigenvalue weighted by molar-refractivity contribution is -0.119.